The van der Waals surface area contributed by atoms with Crippen molar-refractivity contribution in [2.75, 3.05) is 17.9 Å². The fraction of sp³-hybridized carbons (Fsp3) is 0.250. The van der Waals surface area contributed by atoms with Crippen molar-refractivity contribution in [2.24, 2.45) is 0 Å². The highest BCUT2D eigenvalue weighted by molar-refractivity contribution is 9.10. The van der Waals surface area contributed by atoms with Gasteiger partial charge in [0.15, 0.2) is 11.5 Å². The third-order valence-corrected chi connectivity index (χ3v) is 5.71. The maximum Gasteiger partial charge on any atom is 0.262 e. The van der Waals surface area contributed by atoms with Crippen molar-refractivity contribution in [3.05, 3.63) is 46.4 Å². The fourth-order valence-corrected chi connectivity index (χ4v) is 3.54. The predicted molar refractivity (Wildman–Crippen MR) is 91.7 cm³/mol. The minimum absolute atomic E-state index is 0.141. The Labute approximate surface area is 143 Å². The van der Waals surface area contributed by atoms with Crippen molar-refractivity contribution in [2.45, 2.75) is 18.2 Å². The number of hydrogen-bond donors (Lipinski definition) is 1. The first-order valence-corrected chi connectivity index (χ1v) is 9.42. The van der Waals surface area contributed by atoms with Crippen LogP contribution in [0.25, 0.3) is 0 Å². The summed E-state index contributed by atoms with van der Waals surface area (Å²) in [7, 11) is -3.69. The molecule has 1 aliphatic heterocycles. The zero-order chi connectivity index (χ0) is 16.4. The van der Waals surface area contributed by atoms with Crippen molar-refractivity contribution in [1.29, 1.82) is 0 Å². The highest BCUT2D eigenvalue weighted by atomic mass is 79.9. The molecule has 0 aromatic heterocycles. The lowest BCUT2D eigenvalue weighted by molar-refractivity contribution is 0.297. The van der Waals surface area contributed by atoms with Crippen LogP contribution in [0.5, 0.6) is 11.5 Å². The molecule has 0 aliphatic carbocycles. The van der Waals surface area contributed by atoms with Crippen LogP contribution in [0.2, 0.25) is 0 Å². The van der Waals surface area contributed by atoms with Crippen molar-refractivity contribution in [1.82, 2.24) is 0 Å². The molecule has 1 heterocycles. The molecule has 3 rings (SSSR count). The van der Waals surface area contributed by atoms with E-state index in [4.69, 9.17) is 9.47 Å². The summed E-state index contributed by atoms with van der Waals surface area (Å²) >= 11 is 3.39. The van der Waals surface area contributed by atoms with Crippen LogP contribution in [-0.2, 0) is 10.0 Å². The van der Waals surface area contributed by atoms with Gasteiger partial charge in [-0.25, -0.2) is 8.42 Å². The average Bonchev–Trinajstić information content (AvgIpc) is 2.75. The number of aryl methyl sites for hydroxylation is 1. The van der Waals surface area contributed by atoms with Gasteiger partial charge >= 0.3 is 0 Å². The Morgan fingerprint density at radius 2 is 1.78 bits per heavy atom. The number of ether oxygens (including phenoxy) is 2. The molecule has 23 heavy (non-hydrogen) atoms. The smallest absolute Gasteiger partial charge is 0.262 e. The van der Waals surface area contributed by atoms with Crippen molar-refractivity contribution >= 4 is 31.6 Å². The Hall–Kier alpha value is -1.73. The fourth-order valence-electron chi connectivity index (χ4n) is 2.23. The number of hydrogen-bond acceptors (Lipinski definition) is 4. The van der Waals surface area contributed by atoms with Gasteiger partial charge in [0.1, 0.15) is 0 Å². The highest BCUT2D eigenvalue weighted by Gasteiger charge is 2.19. The number of sulfonamides is 1. The van der Waals surface area contributed by atoms with Gasteiger partial charge < -0.3 is 9.47 Å². The minimum Gasteiger partial charge on any atom is -0.490 e. The maximum absolute atomic E-state index is 12.6. The third-order valence-electron chi connectivity index (χ3n) is 3.44. The van der Waals surface area contributed by atoms with Crippen LogP contribution in [0.15, 0.2) is 45.8 Å². The van der Waals surface area contributed by atoms with Crippen LogP contribution < -0.4 is 14.2 Å². The summed E-state index contributed by atoms with van der Waals surface area (Å²) in [5.41, 5.74) is 1.46. The van der Waals surface area contributed by atoms with E-state index in [1.165, 1.54) is 12.1 Å². The third kappa shape index (κ3) is 3.61. The summed E-state index contributed by atoms with van der Waals surface area (Å²) in [6, 6.07) is 9.92. The van der Waals surface area contributed by atoms with Crippen LogP contribution in [0, 0.1) is 6.92 Å². The lowest BCUT2D eigenvalue weighted by atomic mass is 10.2. The molecule has 7 heteroatoms. The second-order valence-corrected chi connectivity index (χ2v) is 7.77. The number of fused-ring (bicyclic) bond motifs is 1. The monoisotopic (exact) mass is 397 g/mol. The molecule has 0 amide bonds. The minimum atomic E-state index is -3.69. The molecule has 5 nitrogen and oxygen atoms in total. The Morgan fingerprint density at radius 1 is 1.04 bits per heavy atom. The Bertz CT molecular complexity index is 836. The molecule has 0 atom stereocenters. The molecule has 1 aliphatic rings. The van der Waals surface area contributed by atoms with E-state index in [1.54, 1.807) is 24.3 Å². The Morgan fingerprint density at radius 3 is 2.52 bits per heavy atom. The molecule has 0 fully saturated rings. The maximum atomic E-state index is 12.6. The molecule has 0 saturated heterocycles. The largest absolute Gasteiger partial charge is 0.490 e. The summed E-state index contributed by atoms with van der Waals surface area (Å²) in [6.07, 6.45) is 0.771. The van der Waals surface area contributed by atoms with E-state index >= 15 is 0 Å². The van der Waals surface area contributed by atoms with E-state index in [0.717, 1.165) is 16.5 Å². The summed E-state index contributed by atoms with van der Waals surface area (Å²) in [5.74, 6) is 1.03. The molecule has 0 spiro atoms. The van der Waals surface area contributed by atoms with Gasteiger partial charge in [-0.15, -0.1) is 0 Å². The van der Waals surface area contributed by atoms with Gasteiger partial charge in [-0.05, 0) is 42.8 Å². The van der Waals surface area contributed by atoms with E-state index in [1.807, 2.05) is 6.92 Å². The van der Waals surface area contributed by atoms with Crippen molar-refractivity contribution in [3.63, 3.8) is 0 Å². The summed E-state index contributed by atoms with van der Waals surface area (Å²) in [4.78, 5) is 0.141. The topological polar surface area (TPSA) is 64.6 Å². The second kappa shape index (κ2) is 6.41. The molecule has 0 unspecified atom stereocenters. The lowest BCUT2D eigenvalue weighted by Gasteiger charge is -2.12. The molecule has 0 saturated carbocycles. The van der Waals surface area contributed by atoms with E-state index in [2.05, 4.69) is 20.7 Å². The zero-order valence-corrected chi connectivity index (χ0v) is 14.9. The van der Waals surface area contributed by atoms with Crippen molar-refractivity contribution in [3.8, 4) is 11.5 Å². The number of anilines is 1. The summed E-state index contributed by atoms with van der Waals surface area (Å²) in [6.45, 7) is 2.97. The molecule has 0 radical (unpaired) electrons. The normalized spacial score (nSPS) is 14.2. The van der Waals surface area contributed by atoms with E-state index < -0.39 is 10.0 Å². The number of rotatable bonds is 3. The number of benzene rings is 2. The SMILES string of the molecule is Cc1cc(NS(=O)(=O)c2ccc3c(c2)OCCCO3)ccc1Br. The molecule has 1 N–H and O–H groups in total. The molecular formula is C16H16BrNO4S. The van der Waals surface area contributed by atoms with Crippen LogP contribution >= 0.6 is 15.9 Å². The predicted octanol–water partition coefficient (Wildman–Crippen LogP) is 3.72. The van der Waals surface area contributed by atoms with Crippen LogP contribution in [-0.4, -0.2) is 21.6 Å². The van der Waals surface area contributed by atoms with Crippen molar-refractivity contribution < 1.29 is 17.9 Å². The van der Waals surface area contributed by atoms with Crippen LogP contribution in [0.1, 0.15) is 12.0 Å². The first-order chi connectivity index (χ1) is 11.0. The van der Waals surface area contributed by atoms with Gasteiger partial charge in [0.05, 0.1) is 18.1 Å². The van der Waals surface area contributed by atoms with E-state index in [-0.39, 0.29) is 4.90 Å². The molecule has 122 valence electrons. The number of nitrogens with one attached hydrogen (secondary N) is 1. The lowest BCUT2D eigenvalue weighted by Crippen LogP contribution is -2.13. The van der Waals surface area contributed by atoms with Gasteiger partial charge in [-0.2, -0.15) is 0 Å². The van der Waals surface area contributed by atoms with Gasteiger partial charge in [-0.3, -0.25) is 4.72 Å². The van der Waals surface area contributed by atoms with Gasteiger partial charge in [0, 0.05) is 22.6 Å². The van der Waals surface area contributed by atoms with Crippen LogP contribution in [0.3, 0.4) is 0 Å². The first-order valence-electron chi connectivity index (χ1n) is 7.14. The van der Waals surface area contributed by atoms with Gasteiger partial charge in [0.25, 0.3) is 10.0 Å². The van der Waals surface area contributed by atoms with Gasteiger partial charge in [-0.1, -0.05) is 15.9 Å². The standard InChI is InChI=1S/C16H16BrNO4S/c1-11-9-12(3-5-14(11)17)18-23(19,20)13-4-6-15-16(10-13)22-8-2-7-21-15/h3-6,9-10,18H,2,7-8H2,1H3. The molecule has 0 bridgehead atoms. The molecular weight excluding hydrogens is 382 g/mol. The quantitative estimate of drug-likeness (QED) is 0.856. The molecule has 2 aromatic rings. The second-order valence-electron chi connectivity index (χ2n) is 5.23. The Balaban J connectivity index is 1.90. The summed E-state index contributed by atoms with van der Waals surface area (Å²) in [5, 5.41) is 0. The van der Waals surface area contributed by atoms with Crippen LogP contribution in [0.4, 0.5) is 5.69 Å². The summed E-state index contributed by atoms with van der Waals surface area (Å²) < 4.78 is 39.7. The van der Waals surface area contributed by atoms with E-state index in [0.29, 0.717) is 30.4 Å². The molecule has 2 aromatic carbocycles. The zero-order valence-electron chi connectivity index (χ0n) is 12.5. The Kier molecular flexibility index (Phi) is 4.50. The average molecular weight is 398 g/mol. The first kappa shape index (κ1) is 16.1. The number of halogens is 1. The highest BCUT2D eigenvalue weighted by Crippen LogP contribution is 2.32. The van der Waals surface area contributed by atoms with E-state index in [9.17, 15) is 8.42 Å². The van der Waals surface area contributed by atoms with Gasteiger partial charge in [0.2, 0.25) is 0 Å².